The van der Waals surface area contributed by atoms with Crippen molar-refractivity contribution in [3.63, 3.8) is 0 Å². The van der Waals surface area contributed by atoms with Gasteiger partial charge in [0.2, 0.25) is 5.91 Å². The number of halogens is 1. The second-order valence-electron chi connectivity index (χ2n) is 6.12. The van der Waals surface area contributed by atoms with Crippen molar-refractivity contribution in [1.29, 1.82) is 0 Å². The zero-order chi connectivity index (χ0) is 17.8. The molecule has 2 N–H and O–H groups in total. The molecule has 0 atom stereocenters. The average molecular weight is 359 g/mol. The predicted molar refractivity (Wildman–Crippen MR) is 97.2 cm³/mol. The molecule has 5 nitrogen and oxygen atoms in total. The highest BCUT2D eigenvalue weighted by Gasteiger charge is 2.33. The highest BCUT2D eigenvalue weighted by Crippen LogP contribution is 2.28. The highest BCUT2D eigenvalue weighted by atomic mass is 35.5. The molecule has 1 heterocycles. The van der Waals surface area contributed by atoms with E-state index in [1.807, 2.05) is 54.7 Å². The molecule has 0 spiro atoms. The molecular weight excluding hydrogens is 338 g/mol. The van der Waals surface area contributed by atoms with Crippen LogP contribution in [0.4, 0.5) is 5.69 Å². The van der Waals surface area contributed by atoms with Crippen LogP contribution in [0.3, 0.4) is 0 Å². The van der Waals surface area contributed by atoms with Crippen LogP contribution < -0.4 is 10.2 Å². The minimum Gasteiger partial charge on any atom is -0.335 e. The Morgan fingerprint density at radius 2 is 1.92 bits per heavy atom. The van der Waals surface area contributed by atoms with Gasteiger partial charge < -0.3 is 10.2 Å². The molecule has 0 unspecified atom stereocenters. The fourth-order valence-corrected chi connectivity index (χ4v) is 3.09. The molecule has 130 valence electrons. The van der Waals surface area contributed by atoms with E-state index in [0.29, 0.717) is 11.6 Å². The van der Waals surface area contributed by atoms with Gasteiger partial charge in [-0.2, -0.15) is 0 Å². The molecule has 1 aliphatic heterocycles. The zero-order valence-corrected chi connectivity index (χ0v) is 14.9. The normalized spacial score (nSPS) is 14.2. The van der Waals surface area contributed by atoms with Crippen LogP contribution in [0.5, 0.6) is 0 Å². The number of amides is 2. The minimum atomic E-state index is -0.0817. The van der Waals surface area contributed by atoms with Crippen molar-refractivity contribution in [3.05, 3.63) is 64.7 Å². The van der Waals surface area contributed by atoms with E-state index in [1.54, 1.807) is 15.9 Å². The number of nitrogens with zero attached hydrogens (tertiary/aromatic N) is 2. The summed E-state index contributed by atoms with van der Waals surface area (Å²) in [6, 6.07) is 15.5. The second-order valence-corrected chi connectivity index (χ2v) is 6.53. The molecule has 0 aliphatic carbocycles. The van der Waals surface area contributed by atoms with Crippen LogP contribution in [0.2, 0.25) is 5.02 Å². The SMILES string of the molecule is Cc1c(Cl)cccc1N1CN(C(=O)C[NH2+]Cc2ccccc2)CC1=O. The number of quaternary nitrogens is 1. The Hall–Kier alpha value is -2.37. The van der Waals surface area contributed by atoms with Gasteiger partial charge in [0, 0.05) is 16.3 Å². The summed E-state index contributed by atoms with van der Waals surface area (Å²) in [6.45, 7) is 3.33. The molecule has 25 heavy (non-hydrogen) atoms. The van der Waals surface area contributed by atoms with Crippen molar-refractivity contribution in [2.24, 2.45) is 0 Å². The maximum Gasteiger partial charge on any atom is 0.279 e. The Balaban J connectivity index is 1.58. The third-order valence-electron chi connectivity index (χ3n) is 4.36. The fourth-order valence-electron chi connectivity index (χ4n) is 2.92. The first kappa shape index (κ1) is 17.5. The van der Waals surface area contributed by atoms with Crippen LogP contribution in [-0.2, 0) is 16.1 Å². The first-order chi connectivity index (χ1) is 12.1. The maximum atomic E-state index is 12.4. The van der Waals surface area contributed by atoms with Gasteiger partial charge in [0.05, 0.1) is 0 Å². The van der Waals surface area contributed by atoms with E-state index < -0.39 is 0 Å². The number of nitrogens with two attached hydrogens (primary N) is 1. The van der Waals surface area contributed by atoms with Crippen LogP contribution in [0.25, 0.3) is 0 Å². The predicted octanol–water partition coefficient (Wildman–Crippen LogP) is 1.54. The largest absolute Gasteiger partial charge is 0.335 e. The molecule has 1 aliphatic rings. The van der Waals surface area contributed by atoms with Gasteiger partial charge in [0.1, 0.15) is 19.8 Å². The van der Waals surface area contributed by atoms with E-state index in [0.717, 1.165) is 17.8 Å². The first-order valence-corrected chi connectivity index (χ1v) is 8.63. The summed E-state index contributed by atoms with van der Waals surface area (Å²) in [5.74, 6) is -0.117. The second kappa shape index (κ2) is 7.68. The molecule has 6 heteroatoms. The maximum absolute atomic E-state index is 12.4. The molecule has 3 rings (SSSR count). The summed E-state index contributed by atoms with van der Waals surface area (Å²) in [6.07, 6.45) is 0. The Kier molecular flexibility index (Phi) is 5.36. The topological polar surface area (TPSA) is 57.2 Å². The minimum absolute atomic E-state index is 0.0357. The lowest BCUT2D eigenvalue weighted by molar-refractivity contribution is -0.660. The number of hydrogen-bond acceptors (Lipinski definition) is 2. The number of rotatable bonds is 5. The summed E-state index contributed by atoms with van der Waals surface area (Å²) in [5.41, 5.74) is 2.78. The Morgan fingerprint density at radius 3 is 2.68 bits per heavy atom. The van der Waals surface area contributed by atoms with Crippen molar-refractivity contribution in [3.8, 4) is 0 Å². The summed E-state index contributed by atoms with van der Waals surface area (Å²) < 4.78 is 0. The van der Waals surface area contributed by atoms with Gasteiger partial charge in [-0.1, -0.05) is 48.0 Å². The molecule has 2 amide bonds. The smallest absolute Gasteiger partial charge is 0.279 e. The molecule has 2 aromatic carbocycles. The van der Waals surface area contributed by atoms with Crippen LogP contribution in [-0.4, -0.2) is 36.5 Å². The quantitative estimate of drug-likeness (QED) is 0.881. The van der Waals surface area contributed by atoms with Crippen LogP contribution in [0.15, 0.2) is 48.5 Å². The first-order valence-electron chi connectivity index (χ1n) is 8.25. The standard InChI is InChI=1S/C19H20ClN3O2/c1-14-16(20)8-5-9-17(14)23-13-22(12-19(23)25)18(24)11-21-10-15-6-3-2-4-7-15/h2-9,21H,10-13H2,1H3/p+1. The van der Waals surface area contributed by atoms with Crippen LogP contribution >= 0.6 is 11.6 Å². The van der Waals surface area contributed by atoms with E-state index in [2.05, 4.69) is 0 Å². The molecular formula is C19H21ClN3O2+. The average Bonchev–Trinajstić information content (AvgIpc) is 3.00. The van der Waals surface area contributed by atoms with Gasteiger partial charge in [0.25, 0.3) is 5.91 Å². The van der Waals surface area contributed by atoms with Crippen molar-refractivity contribution in [2.45, 2.75) is 13.5 Å². The number of carbonyl (C=O) groups is 2. The number of anilines is 1. The van der Waals surface area contributed by atoms with Gasteiger partial charge in [0.15, 0.2) is 6.54 Å². The molecule has 0 bridgehead atoms. The van der Waals surface area contributed by atoms with E-state index in [9.17, 15) is 9.59 Å². The monoisotopic (exact) mass is 358 g/mol. The molecule has 1 fully saturated rings. The van der Waals surface area contributed by atoms with Crippen molar-refractivity contribution in [2.75, 3.05) is 24.7 Å². The summed E-state index contributed by atoms with van der Waals surface area (Å²) in [7, 11) is 0. The van der Waals surface area contributed by atoms with Crippen LogP contribution in [0, 0.1) is 6.92 Å². The lowest BCUT2D eigenvalue weighted by Crippen LogP contribution is -2.85. The van der Waals surface area contributed by atoms with E-state index in [4.69, 9.17) is 11.6 Å². The Bertz CT molecular complexity index is 779. The summed E-state index contributed by atoms with van der Waals surface area (Å²) in [5, 5.41) is 2.57. The lowest BCUT2D eigenvalue weighted by atomic mass is 10.2. The van der Waals surface area contributed by atoms with Crippen LogP contribution in [0.1, 0.15) is 11.1 Å². The van der Waals surface area contributed by atoms with Gasteiger partial charge in [-0.3, -0.25) is 14.5 Å². The highest BCUT2D eigenvalue weighted by molar-refractivity contribution is 6.31. The van der Waals surface area contributed by atoms with Gasteiger partial charge in [-0.25, -0.2) is 0 Å². The Morgan fingerprint density at radius 1 is 1.16 bits per heavy atom. The molecule has 2 aromatic rings. The molecule has 0 radical (unpaired) electrons. The van der Waals surface area contributed by atoms with E-state index in [-0.39, 0.29) is 25.0 Å². The summed E-state index contributed by atoms with van der Waals surface area (Å²) >= 11 is 6.14. The van der Waals surface area contributed by atoms with Crippen molar-refractivity contribution < 1.29 is 14.9 Å². The number of hydrogen-bond donors (Lipinski definition) is 1. The van der Waals surface area contributed by atoms with Gasteiger partial charge >= 0.3 is 0 Å². The number of benzene rings is 2. The summed E-state index contributed by atoms with van der Waals surface area (Å²) in [4.78, 5) is 27.9. The van der Waals surface area contributed by atoms with Gasteiger partial charge in [-0.15, -0.1) is 0 Å². The molecule has 0 saturated carbocycles. The fraction of sp³-hybridized carbons (Fsp3) is 0.263. The molecule has 1 saturated heterocycles. The molecule has 0 aromatic heterocycles. The number of carbonyl (C=O) groups excluding carboxylic acids is 2. The van der Waals surface area contributed by atoms with E-state index in [1.165, 1.54) is 5.56 Å². The van der Waals surface area contributed by atoms with E-state index >= 15 is 0 Å². The lowest BCUT2D eigenvalue weighted by Gasteiger charge is -2.20. The van der Waals surface area contributed by atoms with Crippen molar-refractivity contribution >= 4 is 29.1 Å². The Labute approximate surface area is 152 Å². The zero-order valence-electron chi connectivity index (χ0n) is 14.1. The third-order valence-corrected chi connectivity index (χ3v) is 4.77. The third kappa shape index (κ3) is 4.00. The van der Waals surface area contributed by atoms with Gasteiger partial charge in [-0.05, 0) is 24.6 Å². The van der Waals surface area contributed by atoms with Crippen molar-refractivity contribution in [1.82, 2.24) is 4.90 Å².